The zero-order valence-electron chi connectivity index (χ0n) is 11.8. The van der Waals surface area contributed by atoms with Gasteiger partial charge in [-0.15, -0.1) is 0 Å². The number of aliphatic hydroxyl groups is 1. The summed E-state index contributed by atoms with van der Waals surface area (Å²) >= 11 is 1.85. The molecule has 0 spiro atoms. The maximum Gasteiger partial charge on any atom is 0.120 e. The van der Waals surface area contributed by atoms with Gasteiger partial charge < -0.3 is 15.2 Å². The molecule has 0 saturated carbocycles. The molecule has 1 aromatic carbocycles. The molecule has 0 fully saturated rings. The third-order valence-corrected chi connectivity index (χ3v) is 3.43. The highest BCUT2D eigenvalue weighted by Gasteiger charge is 2.05. The van der Waals surface area contributed by atoms with E-state index < -0.39 is 6.10 Å². The van der Waals surface area contributed by atoms with E-state index in [1.165, 1.54) is 12.2 Å². The number of thioether (sulfide) groups is 1. The summed E-state index contributed by atoms with van der Waals surface area (Å²) in [5.74, 6) is 1.80. The first-order valence-corrected chi connectivity index (χ1v) is 8.16. The van der Waals surface area contributed by atoms with Crippen LogP contribution in [-0.4, -0.2) is 42.9 Å². The smallest absolute Gasteiger partial charge is 0.120 e. The van der Waals surface area contributed by atoms with Gasteiger partial charge in [-0.05, 0) is 49.6 Å². The Kier molecular flexibility index (Phi) is 8.88. The number of aliphatic hydroxyl groups excluding tert-OH is 1. The Morgan fingerprint density at radius 3 is 3.05 bits per heavy atom. The van der Waals surface area contributed by atoms with Gasteiger partial charge in [0, 0.05) is 6.54 Å². The molecule has 110 valence electrons. The third-order valence-electron chi connectivity index (χ3n) is 2.74. The van der Waals surface area contributed by atoms with Crippen LogP contribution in [0.2, 0.25) is 0 Å². The molecule has 1 unspecified atom stereocenters. The van der Waals surface area contributed by atoms with Crippen molar-refractivity contribution in [2.24, 2.45) is 0 Å². The molecule has 0 aliphatic carbocycles. The van der Waals surface area contributed by atoms with E-state index >= 15 is 0 Å². The Morgan fingerprint density at radius 1 is 1.45 bits per heavy atom. The van der Waals surface area contributed by atoms with E-state index in [1.807, 2.05) is 11.8 Å². The summed E-state index contributed by atoms with van der Waals surface area (Å²) in [5, 5.41) is 21.8. The molecule has 0 aliphatic heterocycles. The summed E-state index contributed by atoms with van der Waals surface area (Å²) in [6, 6.07) is 9.00. The first-order chi connectivity index (χ1) is 9.76. The molecule has 0 radical (unpaired) electrons. The van der Waals surface area contributed by atoms with Crippen molar-refractivity contribution in [2.75, 3.05) is 31.7 Å². The van der Waals surface area contributed by atoms with Crippen LogP contribution in [0, 0.1) is 11.3 Å². The van der Waals surface area contributed by atoms with Crippen molar-refractivity contribution in [1.29, 1.82) is 5.26 Å². The van der Waals surface area contributed by atoms with Gasteiger partial charge in [0.1, 0.15) is 18.5 Å². The van der Waals surface area contributed by atoms with Crippen molar-refractivity contribution < 1.29 is 9.84 Å². The molecule has 0 aliphatic rings. The molecular formula is C15H22N2O2S. The summed E-state index contributed by atoms with van der Waals surface area (Å²) in [6.45, 7) is 1.67. The number of rotatable bonds is 10. The Balaban J connectivity index is 2.13. The van der Waals surface area contributed by atoms with Gasteiger partial charge in [0.2, 0.25) is 0 Å². The van der Waals surface area contributed by atoms with Crippen molar-refractivity contribution in [3.8, 4) is 11.8 Å². The fourth-order valence-electron chi connectivity index (χ4n) is 1.67. The molecule has 1 aromatic rings. The maximum absolute atomic E-state index is 9.78. The van der Waals surface area contributed by atoms with Crippen LogP contribution in [0.3, 0.4) is 0 Å². The Morgan fingerprint density at radius 2 is 2.30 bits per heavy atom. The fourth-order valence-corrected chi connectivity index (χ4v) is 2.16. The monoisotopic (exact) mass is 294 g/mol. The summed E-state index contributed by atoms with van der Waals surface area (Å²) < 4.78 is 5.46. The van der Waals surface area contributed by atoms with Crippen LogP contribution in [0.4, 0.5) is 0 Å². The van der Waals surface area contributed by atoms with Crippen LogP contribution >= 0.6 is 11.8 Å². The van der Waals surface area contributed by atoms with Crippen molar-refractivity contribution in [2.45, 2.75) is 18.9 Å². The van der Waals surface area contributed by atoms with Crippen LogP contribution in [0.15, 0.2) is 24.3 Å². The molecule has 0 amide bonds. The first kappa shape index (κ1) is 16.8. The predicted octanol–water partition coefficient (Wildman–Crippen LogP) is 2.03. The standard InChI is InChI=1S/C15H22N2O2S/c1-20-8-3-2-7-17-11-14(18)12-19-15-6-4-5-13(9-15)10-16/h4-6,9,14,17-18H,2-3,7-8,11-12H2,1H3. The van der Waals surface area contributed by atoms with Gasteiger partial charge >= 0.3 is 0 Å². The number of nitrogens with one attached hydrogen (secondary N) is 1. The van der Waals surface area contributed by atoms with Gasteiger partial charge in [-0.25, -0.2) is 0 Å². The number of benzene rings is 1. The fraction of sp³-hybridized carbons (Fsp3) is 0.533. The highest BCUT2D eigenvalue weighted by molar-refractivity contribution is 7.98. The van der Waals surface area contributed by atoms with E-state index in [2.05, 4.69) is 17.6 Å². The lowest BCUT2D eigenvalue weighted by Gasteiger charge is -2.13. The van der Waals surface area contributed by atoms with Crippen LogP contribution in [0.5, 0.6) is 5.75 Å². The van der Waals surface area contributed by atoms with Crippen molar-refractivity contribution in [3.63, 3.8) is 0 Å². The number of unbranched alkanes of at least 4 members (excludes halogenated alkanes) is 1. The SMILES string of the molecule is CSCCCCNCC(O)COc1cccc(C#N)c1. The zero-order chi connectivity index (χ0) is 14.6. The van der Waals surface area contributed by atoms with Crippen molar-refractivity contribution in [1.82, 2.24) is 5.32 Å². The second-order valence-corrected chi connectivity index (χ2v) is 5.49. The molecule has 4 nitrogen and oxygen atoms in total. The van der Waals surface area contributed by atoms with Gasteiger partial charge in [-0.3, -0.25) is 0 Å². The van der Waals surface area contributed by atoms with E-state index in [-0.39, 0.29) is 6.61 Å². The molecule has 0 saturated heterocycles. The topological polar surface area (TPSA) is 65.3 Å². The number of nitrogens with zero attached hydrogens (tertiary/aromatic N) is 1. The molecule has 5 heteroatoms. The van der Waals surface area contributed by atoms with E-state index in [0.29, 0.717) is 17.9 Å². The minimum Gasteiger partial charge on any atom is -0.491 e. The lowest BCUT2D eigenvalue weighted by Crippen LogP contribution is -2.32. The lowest BCUT2D eigenvalue weighted by atomic mass is 10.2. The molecule has 1 rings (SSSR count). The molecule has 0 bridgehead atoms. The van der Waals surface area contributed by atoms with E-state index in [4.69, 9.17) is 10.00 Å². The van der Waals surface area contributed by atoms with Gasteiger partial charge in [-0.2, -0.15) is 17.0 Å². The van der Waals surface area contributed by atoms with Crippen LogP contribution in [0.1, 0.15) is 18.4 Å². The molecule has 20 heavy (non-hydrogen) atoms. The number of hydrogen-bond acceptors (Lipinski definition) is 5. The predicted molar refractivity (Wildman–Crippen MR) is 83.1 cm³/mol. The average molecular weight is 294 g/mol. The van der Waals surface area contributed by atoms with Crippen molar-refractivity contribution in [3.05, 3.63) is 29.8 Å². The lowest BCUT2D eigenvalue weighted by molar-refractivity contribution is 0.106. The number of ether oxygens (including phenoxy) is 1. The number of hydrogen-bond donors (Lipinski definition) is 2. The Hall–Kier alpha value is -1.22. The summed E-state index contributed by atoms with van der Waals surface area (Å²) in [5.41, 5.74) is 0.559. The Bertz CT molecular complexity index is 421. The van der Waals surface area contributed by atoms with Crippen LogP contribution in [0.25, 0.3) is 0 Å². The zero-order valence-corrected chi connectivity index (χ0v) is 12.7. The second kappa shape index (κ2) is 10.6. The maximum atomic E-state index is 9.78. The molecule has 2 N–H and O–H groups in total. The highest BCUT2D eigenvalue weighted by Crippen LogP contribution is 2.12. The number of nitriles is 1. The summed E-state index contributed by atoms with van der Waals surface area (Å²) in [6.07, 6.45) is 3.89. The van der Waals surface area contributed by atoms with Gasteiger partial charge in [0.25, 0.3) is 0 Å². The minimum atomic E-state index is -0.540. The largest absolute Gasteiger partial charge is 0.491 e. The highest BCUT2D eigenvalue weighted by atomic mass is 32.2. The molecule has 0 aromatic heterocycles. The summed E-state index contributed by atoms with van der Waals surface area (Å²) in [7, 11) is 0. The second-order valence-electron chi connectivity index (χ2n) is 4.51. The molecule has 0 heterocycles. The minimum absolute atomic E-state index is 0.229. The first-order valence-electron chi connectivity index (χ1n) is 6.77. The van der Waals surface area contributed by atoms with Crippen LogP contribution in [-0.2, 0) is 0 Å². The van der Waals surface area contributed by atoms with E-state index in [1.54, 1.807) is 24.3 Å². The van der Waals surface area contributed by atoms with Crippen molar-refractivity contribution >= 4 is 11.8 Å². The van der Waals surface area contributed by atoms with Crippen LogP contribution < -0.4 is 10.1 Å². The quantitative estimate of drug-likeness (QED) is 0.646. The van der Waals surface area contributed by atoms with Gasteiger partial charge in [0.05, 0.1) is 11.6 Å². The average Bonchev–Trinajstić information content (AvgIpc) is 2.49. The van der Waals surface area contributed by atoms with E-state index in [0.717, 1.165) is 13.0 Å². The van der Waals surface area contributed by atoms with E-state index in [9.17, 15) is 5.11 Å². The van der Waals surface area contributed by atoms with Gasteiger partial charge in [0.15, 0.2) is 0 Å². The third kappa shape index (κ3) is 7.39. The van der Waals surface area contributed by atoms with Gasteiger partial charge in [-0.1, -0.05) is 6.07 Å². The molecular weight excluding hydrogens is 272 g/mol. The normalized spacial score (nSPS) is 11.8. The summed E-state index contributed by atoms with van der Waals surface area (Å²) in [4.78, 5) is 0. The molecule has 1 atom stereocenters. The Labute approximate surface area is 125 Å².